The Morgan fingerprint density at radius 2 is 2.24 bits per heavy atom. The Bertz CT molecular complexity index is 609. The first-order valence-electron chi connectivity index (χ1n) is 7.23. The highest BCUT2D eigenvalue weighted by atomic mass is 16.5. The van der Waals surface area contributed by atoms with E-state index in [0.717, 1.165) is 37.0 Å². The molecule has 1 atom stereocenters. The SMILES string of the molecule is COC(=O)c1ccc2c(c1)CC/C(=C/C1CCOC1)C2=O. The predicted molar refractivity (Wildman–Crippen MR) is 77.4 cm³/mol. The number of esters is 1. The Morgan fingerprint density at radius 1 is 1.38 bits per heavy atom. The molecule has 110 valence electrons. The first kappa shape index (κ1) is 14.0. The van der Waals surface area contributed by atoms with Gasteiger partial charge < -0.3 is 9.47 Å². The number of benzene rings is 1. The summed E-state index contributed by atoms with van der Waals surface area (Å²) in [5.74, 6) is 0.0779. The van der Waals surface area contributed by atoms with Crippen LogP contribution >= 0.6 is 0 Å². The molecule has 0 N–H and O–H groups in total. The second-order valence-corrected chi connectivity index (χ2v) is 5.51. The van der Waals surface area contributed by atoms with Gasteiger partial charge in [-0.05, 0) is 48.6 Å². The topological polar surface area (TPSA) is 52.6 Å². The van der Waals surface area contributed by atoms with E-state index < -0.39 is 0 Å². The highest BCUT2D eigenvalue weighted by molar-refractivity contribution is 6.11. The summed E-state index contributed by atoms with van der Waals surface area (Å²) in [5, 5.41) is 0. The zero-order valence-electron chi connectivity index (χ0n) is 12.1. The van der Waals surface area contributed by atoms with Crippen molar-refractivity contribution in [2.75, 3.05) is 20.3 Å². The number of fused-ring (bicyclic) bond motifs is 1. The van der Waals surface area contributed by atoms with Crippen LogP contribution in [0.15, 0.2) is 29.8 Å². The van der Waals surface area contributed by atoms with Crippen LogP contribution in [0.4, 0.5) is 0 Å². The minimum Gasteiger partial charge on any atom is -0.465 e. The summed E-state index contributed by atoms with van der Waals surface area (Å²) in [6.45, 7) is 1.49. The van der Waals surface area contributed by atoms with Crippen LogP contribution in [0.3, 0.4) is 0 Å². The van der Waals surface area contributed by atoms with Gasteiger partial charge in [0.2, 0.25) is 0 Å². The predicted octanol–water partition coefficient (Wildman–Crippen LogP) is 2.57. The van der Waals surface area contributed by atoms with Crippen molar-refractivity contribution in [3.63, 3.8) is 0 Å². The van der Waals surface area contributed by atoms with Gasteiger partial charge in [0, 0.05) is 18.1 Å². The number of allylic oxidation sites excluding steroid dienone is 1. The molecule has 0 bridgehead atoms. The van der Waals surface area contributed by atoms with Crippen molar-refractivity contribution in [3.05, 3.63) is 46.5 Å². The molecule has 1 aromatic carbocycles. The van der Waals surface area contributed by atoms with Gasteiger partial charge in [-0.3, -0.25) is 4.79 Å². The summed E-state index contributed by atoms with van der Waals surface area (Å²) in [7, 11) is 1.36. The highest BCUT2D eigenvalue weighted by Crippen LogP contribution is 2.28. The Morgan fingerprint density at radius 3 is 2.95 bits per heavy atom. The van der Waals surface area contributed by atoms with E-state index in [1.165, 1.54) is 7.11 Å². The molecular formula is C17H18O4. The number of carbonyl (C=O) groups is 2. The second-order valence-electron chi connectivity index (χ2n) is 5.51. The normalized spacial score (nSPS) is 23.2. The molecular weight excluding hydrogens is 268 g/mol. The van der Waals surface area contributed by atoms with E-state index in [1.54, 1.807) is 18.2 Å². The van der Waals surface area contributed by atoms with Crippen LogP contribution in [0.2, 0.25) is 0 Å². The van der Waals surface area contributed by atoms with E-state index in [-0.39, 0.29) is 11.8 Å². The second kappa shape index (κ2) is 5.82. The van der Waals surface area contributed by atoms with Crippen LogP contribution < -0.4 is 0 Å². The number of Topliss-reactive ketones (excluding diaryl/α,β-unsaturated/α-hetero) is 1. The quantitative estimate of drug-likeness (QED) is 0.619. The Kier molecular flexibility index (Phi) is 3.88. The standard InChI is InChI=1S/C17H18O4/c1-20-17(19)14-4-5-15-12(9-14)2-3-13(16(15)18)8-11-6-7-21-10-11/h4-5,8-9,11H,2-3,6-7,10H2,1H3/b13-8-. The van der Waals surface area contributed by atoms with Crippen LogP contribution in [0, 0.1) is 5.92 Å². The molecule has 3 rings (SSSR count). The summed E-state index contributed by atoms with van der Waals surface area (Å²) in [4.78, 5) is 24.1. The smallest absolute Gasteiger partial charge is 0.337 e. The van der Waals surface area contributed by atoms with Gasteiger partial charge in [0.05, 0.1) is 19.3 Å². The lowest BCUT2D eigenvalue weighted by molar-refractivity contribution is 0.0600. The first-order valence-corrected chi connectivity index (χ1v) is 7.23. The van der Waals surface area contributed by atoms with Crippen LogP contribution in [-0.2, 0) is 15.9 Å². The first-order chi connectivity index (χ1) is 10.2. The number of carbonyl (C=O) groups excluding carboxylic acids is 2. The average Bonchev–Trinajstić information content (AvgIpc) is 3.02. The monoisotopic (exact) mass is 286 g/mol. The number of aryl methyl sites for hydroxylation is 1. The van der Waals surface area contributed by atoms with Crippen molar-refractivity contribution in [1.29, 1.82) is 0 Å². The van der Waals surface area contributed by atoms with Gasteiger partial charge in [-0.2, -0.15) is 0 Å². The summed E-state index contributed by atoms with van der Waals surface area (Å²) < 4.78 is 10.1. The van der Waals surface area contributed by atoms with Gasteiger partial charge >= 0.3 is 5.97 Å². The molecule has 1 saturated heterocycles. The van der Waals surface area contributed by atoms with E-state index >= 15 is 0 Å². The number of methoxy groups -OCH3 is 1. The molecule has 1 unspecified atom stereocenters. The average molecular weight is 286 g/mol. The molecule has 1 fully saturated rings. The maximum atomic E-state index is 12.5. The van der Waals surface area contributed by atoms with Crippen molar-refractivity contribution in [2.24, 2.45) is 5.92 Å². The fourth-order valence-corrected chi connectivity index (χ4v) is 2.95. The largest absolute Gasteiger partial charge is 0.465 e. The molecule has 1 aliphatic carbocycles. The van der Waals surface area contributed by atoms with Gasteiger partial charge in [-0.15, -0.1) is 0 Å². The van der Waals surface area contributed by atoms with Crippen molar-refractivity contribution in [2.45, 2.75) is 19.3 Å². The Hall–Kier alpha value is -1.94. The van der Waals surface area contributed by atoms with Crippen LogP contribution in [0.5, 0.6) is 0 Å². The van der Waals surface area contributed by atoms with E-state index in [0.29, 0.717) is 23.7 Å². The number of hydrogen-bond acceptors (Lipinski definition) is 4. The summed E-state index contributed by atoms with van der Waals surface area (Å²) in [5.41, 5.74) is 3.02. The number of ether oxygens (including phenoxy) is 2. The molecule has 0 radical (unpaired) electrons. The minimum absolute atomic E-state index is 0.0829. The van der Waals surface area contributed by atoms with E-state index in [4.69, 9.17) is 9.47 Å². The molecule has 4 heteroatoms. The van der Waals surface area contributed by atoms with Crippen LogP contribution in [0.25, 0.3) is 0 Å². The lowest BCUT2D eigenvalue weighted by Gasteiger charge is -2.19. The Labute approximate surface area is 123 Å². The molecule has 1 aromatic rings. The number of rotatable bonds is 2. The van der Waals surface area contributed by atoms with Crippen molar-refractivity contribution >= 4 is 11.8 Å². The Balaban J connectivity index is 1.86. The molecule has 4 nitrogen and oxygen atoms in total. The fourth-order valence-electron chi connectivity index (χ4n) is 2.95. The third-order valence-corrected chi connectivity index (χ3v) is 4.13. The van der Waals surface area contributed by atoms with Crippen LogP contribution in [0.1, 0.15) is 39.1 Å². The van der Waals surface area contributed by atoms with E-state index in [1.807, 2.05) is 0 Å². The highest BCUT2D eigenvalue weighted by Gasteiger charge is 2.25. The molecule has 0 spiro atoms. The lowest BCUT2D eigenvalue weighted by atomic mass is 9.84. The molecule has 1 aliphatic heterocycles. The van der Waals surface area contributed by atoms with E-state index in [2.05, 4.69) is 6.08 Å². The van der Waals surface area contributed by atoms with Gasteiger partial charge in [0.1, 0.15) is 0 Å². The molecule has 2 aliphatic rings. The van der Waals surface area contributed by atoms with Gasteiger partial charge in [-0.25, -0.2) is 4.79 Å². The minimum atomic E-state index is -0.366. The lowest BCUT2D eigenvalue weighted by Crippen LogP contribution is -2.16. The molecule has 0 amide bonds. The zero-order valence-corrected chi connectivity index (χ0v) is 12.1. The van der Waals surface area contributed by atoms with Crippen molar-refractivity contribution in [1.82, 2.24) is 0 Å². The fraction of sp³-hybridized carbons (Fsp3) is 0.412. The third-order valence-electron chi connectivity index (χ3n) is 4.13. The van der Waals surface area contributed by atoms with Gasteiger partial charge in [-0.1, -0.05) is 6.08 Å². The third kappa shape index (κ3) is 2.76. The van der Waals surface area contributed by atoms with Gasteiger partial charge in [0.25, 0.3) is 0 Å². The summed E-state index contributed by atoms with van der Waals surface area (Å²) in [6.07, 6.45) is 4.58. The summed E-state index contributed by atoms with van der Waals surface area (Å²) in [6, 6.07) is 5.17. The zero-order chi connectivity index (χ0) is 14.8. The maximum absolute atomic E-state index is 12.5. The maximum Gasteiger partial charge on any atom is 0.337 e. The molecule has 1 heterocycles. The molecule has 21 heavy (non-hydrogen) atoms. The van der Waals surface area contributed by atoms with Crippen molar-refractivity contribution < 1.29 is 19.1 Å². The number of ketones is 1. The summed E-state index contributed by atoms with van der Waals surface area (Å²) >= 11 is 0. The van der Waals surface area contributed by atoms with Crippen LogP contribution in [-0.4, -0.2) is 32.1 Å². The van der Waals surface area contributed by atoms with Crippen molar-refractivity contribution in [3.8, 4) is 0 Å². The molecule has 0 saturated carbocycles. The number of hydrogen-bond donors (Lipinski definition) is 0. The van der Waals surface area contributed by atoms with Gasteiger partial charge in [0.15, 0.2) is 5.78 Å². The van der Waals surface area contributed by atoms with E-state index in [9.17, 15) is 9.59 Å². The molecule has 0 aromatic heterocycles.